The van der Waals surface area contributed by atoms with Crippen LogP contribution < -0.4 is 0 Å². The van der Waals surface area contributed by atoms with E-state index in [0.717, 1.165) is 40.5 Å². The number of fused-ring (bicyclic) bond motifs is 1. The Labute approximate surface area is 126 Å². The van der Waals surface area contributed by atoms with Gasteiger partial charge in [0.15, 0.2) is 0 Å². The SMILES string of the molecule is CCSc1cccc(F)c1-c1nc2c(s1)C(O)CCC2. The van der Waals surface area contributed by atoms with Crippen LogP contribution in [0, 0.1) is 5.82 Å². The van der Waals surface area contributed by atoms with Crippen LogP contribution in [-0.4, -0.2) is 15.8 Å². The number of aliphatic hydroxyl groups is 1. The number of thioether (sulfide) groups is 1. The number of aromatic nitrogens is 1. The molecule has 0 saturated heterocycles. The highest BCUT2D eigenvalue weighted by Gasteiger charge is 2.25. The minimum absolute atomic E-state index is 0.232. The van der Waals surface area contributed by atoms with Crippen molar-refractivity contribution in [1.29, 1.82) is 0 Å². The van der Waals surface area contributed by atoms with E-state index in [0.29, 0.717) is 10.6 Å². The fraction of sp³-hybridized carbons (Fsp3) is 0.400. The average Bonchev–Trinajstić information content (AvgIpc) is 2.84. The van der Waals surface area contributed by atoms with Gasteiger partial charge < -0.3 is 5.11 Å². The highest BCUT2D eigenvalue weighted by molar-refractivity contribution is 7.99. The number of hydrogen-bond acceptors (Lipinski definition) is 4. The van der Waals surface area contributed by atoms with Crippen LogP contribution >= 0.6 is 23.1 Å². The predicted molar refractivity (Wildman–Crippen MR) is 81.8 cm³/mol. The van der Waals surface area contributed by atoms with Crippen molar-refractivity contribution >= 4 is 23.1 Å². The standard InChI is InChI=1S/C15H16FNOS2/c1-2-19-12-8-3-5-9(16)13(12)15-17-10-6-4-7-11(18)14(10)20-15/h3,5,8,11,18H,2,4,6-7H2,1H3. The maximum absolute atomic E-state index is 14.2. The summed E-state index contributed by atoms with van der Waals surface area (Å²) in [6.07, 6.45) is 2.18. The molecule has 0 fully saturated rings. The molecule has 1 aromatic carbocycles. The molecule has 1 atom stereocenters. The first-order chi connectivity index (χ1) is 9.70. The van der Waals surface area contributed by atoms with Crippen molar-refractivity contribution in [3.8, 4) is 10.6 Å². The van der Waals surface area contributed by atoms with Crippen molar-refractivity contribution in [3.05, 3.63) is 34.6 Å². The Morgan fingerprint density at radius 3 is 3.10 bits per heavy atom. The molecular formula is C15H16FNOS2. The van der Waals surface area contributed by atoms with Crippen molar-refractivity contribution in [3.63, 3.8) is 0 Å². The molecule has 1 heterocycles. The highest BCUT2D eigenvalue weighted by Crippen LogP contribution is 2.41. The van der Waals surface area contributed by atoms with E-state index in [-0.39, 0.29) is 5.82 Å². The van der Waals surface area contributed by atoms with Crippen LogP contribution in [0.5, 0.6) is 0 Å². The van der Waals surface area contributed by atoms with Gasteiger partial charge in [0.1, 0.15) is 10.8 Å². The van der Waals surface area contributed by atoms with Crippen LogP contribution in [0.25, 0.3) is 10.6 Å². The molecule has 0 bridgehead atoms. The Balaban J connectivity index is 2.09. The molecule has 5 heteroatoms. The quantitative estimate of drug-likeness (QED) is 0.851. The third-order valence-electron chi connectivity index (χ3n) is 3.41. The van der Waals surface area contributed by atoms with Gasteiger partial charge in [-0.25, -0.2) is 9.37 Å². The molecule has 1 aliphatic carbocycles. The number of aryl methyl sites for hydroxylation is 1. The Morgan fingerprint density at radius 2 is 2.35 bits per heavy atom. The Morgan fingerprint density at radius 1 is 1.50 bits per heavy atom. The summed E-state index contributed by atoms with van der Waals surface area (Å²) < 4.78 is 14.2. The summed E-state index contributed by atoms with van der Waals surface area (Å²) >= 11 is 3.06. The van der Waals surface area contributed by atoms with Crippen molar-refractivity contribution in [2.45, 2.75) is 37.2 Å². The highest BCUT2D eigenvalue weighted by atomic mass is 32.2. The van der Waals surface area contributed by atoms with E-state index in [2.05, 4.69) is 11.9 Å². The first-order valence-electron chi connectivity index (χ1n) is 6.80. The fourth-order valence-corrected chi connectivity index (χ4v) is 4.57. The molecule has 106 valence electrons. The minimum Gasteiger partial charge on any atom is -0.388 e. The van der Waals surface area contributed by atoms with Gasteiger partial charge in [-0.05, 0) is 37.1 Å². The molecule has 0 saturated carbocycles. The van der Waals surface area contributed by atoms with Crippen LogP contribution in [0.4, 0.5) is 4.39 Å². The molecule has 0 amide bonds. The number of rotatable bonds is 3. The summed E-state index contributed by atoms with van der Waals surface area (Å²) in [5.74, 6) is 0.661. The molecule has 1 aromatic heterocycles. The minimum atomic E-state index is -0.431. The van der Waals surface area contributed by atoms with E-state index < -0.39 is 6.10 Å². The molecule has 0 spiro atoms. The number of halogens is 1. The number of benzene rings is 1. The summed E-state index contributed by atoms with van der Waals surface area (Å²) in [6, 6.07) is 5.15. The maximum Gasteiger partial charge on any atom is 0.134 e. The van der Waals surface area contributed by atoms with Gasteiger partial charge in [-0.3, -0.25) is 0 Å². The Hall–Kier alpha value is -0.910. The number of nitrogens with zero attached hydrogens (tertiary/aromatic N) is 1. The molecule has 0 aliphatic heterocycles. The zero-order valence-electron chi connectivity index (χ0n) is 11.2. The smallest absolute Gasteiger partial charge is 0.134 e. The van der Waals surface area contributed by atoms with Crippen molar-refractivity contribution in [2.75, 3.05) is 5.75 Å². The molecule has 0 radical (unpaired) electrons. The van der Waals surface area contributed by atoms with E-state index >= 15 is 0 Å². The van der Waals surface area contributed by atoms with E-state index in [1.165, 1.54) is 17.4 Å². The molecule has 3 rings (SSSR count). The number of aliphatic hydroxyl groups excluding tert-OH is 1. The Bertz CT molecular complexity index is 626. The predicted octanol–water partition coefficient (Wildman–Crippen LogP) is 4.43. The topological polar surface area (TPSA) is 33.1 Å². The van der Waals surface area contributed by atoms with Crippen LogP contribution in [0.2, 0.25) is 0 Å². The normalized spacial score (nSPS) is 18.1. The second-order valence-electron chi connectivity index (χ2n) is 4.78. The van der Waals surface area contributed by atoms with E-state index in [4.69, 9.17) is 0 Å². The average molecular weight is 309 g/mol. The van der Waals surface area contributed by atoms with Crippen molar-refractivity contribution < 1.29 is 9.50 Å². The summed E-state index contributed by atoms with van der Waals surface area (Å²) in [5, 5.41) is 10.7. The molecule has 1 N–H and O–H groups in total. The van der Waals surface area contributed by atoms with Gasteiger partial charge in [0.25, 0.3) is 0 Å². The molecule has 2 aromatic rings. The molecular weight excluding hydrogens is 293 g/mol. The van der Waals surface area contributed by atoms with E-state index in [1.807, 2.05) is 6.07 Å². The summed E-state index contributed by atoms with van der Waals surface area (Å²) in [5.41, 5.74) is 1.53. The van der Waals surface area contributed by atoms with Gasteiger partial charge >= 0.3 is 0 Å². The zero-order valence-corrected chi connectivity index (χ0v) is 12.9. The maximum atomic E-state index is 14.2. The van der Waals surface area contributed by atoms with Gasteiger partial charge in [0, 0.05) is 4.90 Å². The fourth-order valence-electron chi connectivity index (χ4n) is 2.49. The third-order valence-corrected chi connectivity index (χ3v) is 5.57. The molecule has 1 unspecified atom stereocenters. The van der Waals surface area contributed by atoms with Crippen LogP contribution in [-0.2, 0) is 6.42 Å². The van der Waals surface area contributed by atoms with E-state index in [1.54, 1.807) is 17.8 Å². The molecule has 2 nitrogen and oxygen atoms in total. The number of thiazole rings is 1. The lowest BCUT2D eigenvalue weighted by molar-refractivity contribution is 0.160. The monoisotopic (exact) mass is 309 g/mol. The second-order valence-corrected chi connectivity index (χ2v) is 7.12. The van der Waals surface area contributed by atoms with Gasteiger partial charge in [-0.15, -0.1) is 23.1 Å². The van der Waals surface area contributed by atoms with Crippen LogP contribution in [0.1, 0.15) is 36.4 Å². The lowest BCUT2D eigenvalue weighted by atomic mass is 10.0. The first kappa shape index (κ1) is 14.0. The van der Waals surface area contributed by atoms with Gasteiger partial charge in [0.05, 0.1) is 22.2 Å². The van der Waals surface area contributed by atoms with E-state index in [9.17, 15) is 9.50 Å². The molecule has 20 heavy (non-hydrogen) atoms. The van der Waals surface area contributed by atoms with Gasteiger partial charge in [0.2, 0.25) is 0 Å². The lowest BCUT2D eigenvalue weighted by Gasteiger charge is -2.14. The molecule has 1 aliphatic rings. The summed E-state index contributed by atoms with van der Waals surface area (Å²) in [6.45, 7) is 2.05. The zero-order chi connectivity index (χ0) is 14.1. The largest absolute Gasteiger partial charge is 0.388 e. The summed E-state index contributed by atoms with van der Waals surface area (Å²) in [7, 11) is 0. The third kappa shape index (κ3) is 2.50. The van der Waals surface area contributed by atoms with Crippen molar-refractivity contribution in [1.82, 2.24) is 4.98 Å². The lowest BCUT2D eigenvalue weighted by Crippen LogP contribution is -2.06. The Kier molecular flexibility index (Phi) is 4.10. The summed E-state index contributed by atoms with van der Waals surface area (Å²) in [4.78, 5) is 6.42. The van der Waals surface area contributed by atoms with Crippen LogP contribution in [0.15, 0.2) is 23.1 Å². The number of hydrogen-bond donors (Lipinski definition) is 1. The van der Waals surface area contributed by atoms with Gasteiger partial charge in [-0.2, -0.15) is 0 Å². The second kappa shape index (κ2) is 5.84. The van der Waals surface area contributed by atoms with Crippen LogP contribution in [0.3, 0.4) is 0 Å². The van der Waals surface area contributed by atoms with Gasteiger partial charge in [-0.1, -0.05) is 13.0 Å². The first-order valence-corrected chi connectivity index (χ1v) is 8.60. The van der Waals surface area contributed by atoms with Crippen molar-refractivity contribution in [2.24, 2.45) is 0 Å².